The van der Waals surface area contributed by atoms with Crippen LogP contribution in [0.25, 0.3) is 11.0 Å². The number of sulfonamides is 1. The van der Waals surface area contributed by atoms with Gasteiger partial charge >= 0.3 is 0 Å². The van der Waals surface area contributed by atoms with Crippen LogP contribution in [0, 0.1) is 0 Å². The van der Waals surface area contributed by atoms with E-state index in [2.05, 4.69) is 14.7 Å². The molecule has 0 fully saturated rings. The predicted molar refractivity (Wildman–Crippen MR) is 76.8 cm³/mol. The van der Waals surface area contributed by atoms with E-state index in [9.17, 15) is 8.42 Å². The topological polar surface area (TPSA) is 72.0 Å². The van der Waals surface area contributed by atoms with Crippen molar-refractivity contribution in [1.82, 2.24) is 9.97 Å². The van der Waals surface area contributed by atoms with Crippen LogP contribution in [0.2, 0.25) is 5.15 Å². The van der Waals surface area contributed by atoms with Gasteiger partial charge in [0.05, 0.1) is 15.8 Å². The van der Waals surface area contributed by atoms with Gasteiger partial charge in [-0.05, 0) is 32.9 Å². The Labute approximate surface area is 117 Å². The third-order valence-electron chi connectivity index (χ3n) is 2.57. The average molecular weight is 300 g/mol. The molecule has 1 aromatic heterocycles. The molecule has 0 aliphatic heterocycles. The second kappa shape index (κ2) is 4.61. The van der Waals surface area contributed by atoms with Crippen molar-refractivity contribution in [2.24, 2.45) is 0 Å². The lowest BCUT2D eigenvalue weighted by atomic mass is 10.3. The minimum atomic E-state index is -3.58. The first-order valence-corrected chi connectivity index (χ1v) is 7.51. The Morgan fingerprint density at radius 2 is 1.63 bits per heavy atom. The van der Waals surface area contributed by atoms with Gasteiger partial charge in [-0.2, -0.15) is 0 Å². The monoisotopic (exact) mass is 299 g/mol. The van der Waals surface area contributed by atoms with Crippen molar-refractivity contribution in [3.8, 4) is 0 Å². The Bertz CT molecular complexity index is 723. The van der Waals surface area contributed by atoms with Crippen molar-refractivity contribution in [1.29, 1.82) is 0 Å². The Balaban J connectivity index is 2.50. The molecule has 102 valence electrons. The molecule has 1 aromatic carbocycles. The second-order valence-corrected chi connectivity index (χ2v) is 7.86. The molecule has 0 amide bonds. The first-order valence-electron chi connectivity index (χ1n) is 5.65. The summed E-state index contributed by atoms with van der Waals surface area (Å²) in [5.74, 6) is 0.0512. The molecule has 5 nitrogen and oxygen atoms in total. The summed E-state index contributed by atoms with van der Waals surface area (Å²) < 4.78 is 25.6. The normalized spacial score (nSPS) is 12.6. The highest BCUT2D eigenvalue weighted by Crippen LogP contribution is 2.25. The third-order valence-corrected chi connectivity index (χ3v) is 4.90. The molecule has 0 atom stereocenters. The van der Waals surface area contributed by atoms with Crippen molar-refractivity contribution in [2.75, 3.05) is 4.72 Å². The minimum Gasteiger partial charge on any atom is -0.264 e. The number of halogens is 1. The standard InChI is InChI=1S/C12H14ClN3O2S/c1-12(2,3)19(17,18)16-11-10(13)14-8-6-4-5-7-9(8)15-11/h4-7H,1-3H3,(H,15,16). The van der Waals surface area contributed by atoms with E-state index >= 15 is 0 Å². The van der Waals surface area contributed by atoms with E-state index in [0.29, 0.717) is 11.0 Å². The molecular formula is C12H14ClN3O2S. The summed E-state index contributed by atoms with van der Waals surface area (Å²) in [5, 5.41) is 0.0338. The number of fused-ring (bicyclic) bond motifs is 1. The zero-order chi connectivity index (χ0) is 14.3. The number of nitrogens with one attached hydrogen (secondary N) is 1. The van der Waals surface area contributed by atoms with Gasteiger partial charge in [0.25, 0.3) is 0 Å². The van der Waals surface area contributed by atoms with Crippen molar-refractivity contribution >= 4 is 38.5 Å². The van der Waals surface area contributed by atoms with Crippen LogP contribution >= 0.6 is 11.6 Å². The Hall–Kier alpha value is -1.40. The number of hydrogen-bond acceptors (Lipinski definition) is 4. The van der Waals surface area contributed by atoms with Gasteiger partial charge in [-0.3, -0.25) is 4.72 Å². The Kier molecular flexibility index (Phi) is 3.40. The highest BCUT2D eigenvalue weighted by molar-refractivity contribution is 7.94. The van der Waals surface area contributed by atoms with Crippen LogP contribution in [0.4, 0.5) is 5.82 Å². The van der Waals surface area contributed by atoms with Gasteiger partial charge < -0.3 is 0 Å². The average Bonchev–Trinajstić information content (AvgIpc) is 2.28. The van der Waals surface area contributed by atoms with Crippen LogP contribution in [-0.4, -0.2) is 23.1 Å². The molecule has 0 saturated carbocycles. The predicted octanol–water partition coefficient (Wildman–Crippen LogP) is 2.82. The van der Waals surface area contributed by atoms with Gasteiger partial charge in [-0.15, -0.1) is 0 Å². The van der Waals surface area contributed by atoms with Crippen LogP contribution in [0.15, 0.2) is 24.3 Å². The van der Waals surface area contributed by atoms with Gasteiger partial charge in [0.2, 0.25) is 10.0 Å². The number of hydrogen-bond donors (Lipinski definition) is 1. The zero-order valence-electron chi connectivity index (χ0n) is 10.8. The quantitative estimate of drug-likeness (QED) is 0.925. The van der Waals surface area contributed by atoms with Crippen molar-refractivity contribution < 1.29 is 8.42 Å². The molecule has 0 aliphatic rings. The molecular weight excluding hydrogens is 286 g/mol. The molecule has 0 radical (unpaired) electrons. The molecule has 0 aliphatic carbocycles. The number of rotatable bonds is 2. The summed E-state index contributed by atoms with van der Waals surface area (Å²) in [6.07, 6.45) is 0. The summed E-state index contributed by atoms with van der Waals surface area (Å²) in [7, 11) is -3.58. The van der Waals surface area contributed by atoms with Gasteiger partial charge in [0.1, 0.15) is 0 Å². The van der Waals surface area contributed by atoms with E-state index < -0.39 is 14.8 Å². The van der Waals surface area contributed by atoms with Crippen molar-refractivity contribution in [3.63, 3.8) is 0 Å². The molecule has 2 rings (SSSR count). The third kappa shape index (κ3) is 2.79. The van der Waals surface area contributed by atoms with Crippen LogP contribution in [0.1, 0.15) is 20.8 Å². The van der Waals surface area contributed by atoms with E-state index in [1.165, 1.54) is 0 Å². The number of para-hydroxylation sites is 2. The minimum absolute atomic E-state index is 0.0338. The number of aromatic nitrogens is 2. The molecule has 1 heterocycles. The van der Waals surface area contributed by atoms with Crippen molar-refractivity contribution in [3.05, 3.63) is 29.4 Å². The molecule has 0 unspecified atom stereocenters. The van der Waals surface area contributed by atoms with Crippen molar-refractivity contribution in [2.45, 2.75) is 25.5 Å². The fourth-order valence-corrected chi connectivity index (χ4v) is 2.26. The maximum Gasteiger partial charge on any atom is 0.238 e. The summed E-state index contributed by atoms with van der Waals surface area (Å²) in [6.45, 7) is 4.78. The molecule has 0 spiro atoms. The number of anilines is 1. The summed E-state index contributed by atoms with van der Waals surface area (Å²) in [5.41, 5.74) is 1.20. The Morgan fingerprint density at radius 1 is 1.11 bits per heavy atom. The molecule has 0 saturated heterocycles. The van der Waals surface area contributed by atoms with Crippen LogP contribution in [0.5, 0.6) is 0 Å². The maximum atomic E-state index is 12.1. The number of nitrogens with zero attached hydrogens (tertiary/aromatic N) is 2. The lowest BCUT2D eigenvalue weighted by Crippen LogP contribution is -2.34. The summed E-state index contributed by atoms with van der Waals surface area (Å²) in [6, 6.07) is 7.11. The lowest BCUT2D eigenvalue weighted by Gasteiger charge is -2.20. The molecule has 7 heteroatoms. The maximum absolute atomic E-state index is 12.1. The van der Waals surface area contributed by atoms with Gasteiger partial charge in [0.15, 0.2) is 11.0 Å². The van der Waals surface area contributed by atoms with E-state index in [1.54, 1.807) is 39.0 Å². The number of benzene rings is 1. The molecule has 19 heavy (non-hydrogen) atoms. The van der Waals surface area contributed by atoms with E-state index in [0.717, 1.165) is 0 Å². The fraction of sp³-hybridized carbons (Fsp3) is 0.333. The molecule has 0 bridgehead atoms. The largest absolute Gasteiger partial charge is 0.264 e. The van der Waals surface area contributed by atoms with Crippen LogP contribution < -0.4 is 4.72 Å². The van der Waals surface area contributed by atoms with E-state index in [1.807, 2.05) is 6.07 Å². The first-order chi connectivity index (χ1) is 8.71. The van der Waals surface area contributed by atoms with Crippen LogP contribution in [-0.2, 0) is 10.0 Å². The highest BCUT2D eigenvalue weighted by Gasteiger charge is 2.30. The summed E-state index contributed by atoms with van der Waals surface area (Å²) in [4.78, 5) is 8.31. The van der Waals surface area contributed by atoms with Gasteiger partial charge in [-0.25, -0.2) is 18.4 Å². The Morgan fingerprint density at radius 3 is 2.16 bits per heavy atom. The highest BCUT2D eigenvalue weighted by atomic mass is 35.5. The molecule has 1 N–H and O–H groups in total. The lowest BCUT2D eigenvalue weighted by molar-refractivity contribution is 0.566. The van der Waals surface area contributed by atoms with Gasteiger partial charge in [0, 0.05) is 0 Å². The second-order valence-electron chi connectivity index (χ2n) is 5.07. The molecule has 2 aromatic rings. The smallest absolute Gasteiger partial charge is 0.238 e. The fourth-order valence-electron chi connectivity index (χ4n) is 1.32. The van der Waals surface area contributed by atoms with Crippen LogP contribution in [0.3, 0.4) is 0 Å². The van der Waals surface area contributed by atoms with Gasteiger partial charge in [-0.1, -0.05) is 23.7 Å². The summed E-state index contributed by atoms with van der Waals surface area (Å²) >= 11 is 5.96. The SMILES string of the molecule is CC(C)(C)S(=O)(=O)Nc1nc2ccccc2nc1Cl. The first kappa shape index (κ1) is 14.0. The zero-order valence-corrected chi connectivity index (χ0v) is 12.4. The van der Waals surface area contributed by atoms with E-state index in [4.69, 9.17) is 11.6 Å². The van der Waals surface area contributed by atoms with E-state index in [-0.39, 0.29) is 11.0 Å².